The molecule has 0 bridgehead atoms. The molecular weight excluding hydrogens is 388 g/mol. The molecule has 2 rings (SSSR count). The van der Waals surface area contributed by atoms with Crippen LogP contribution in [0.3, 0.4) is 0 Å². The molecule has 6 nitrogen and oxygen atoms in total. The predicted molar refractivity (Wildman–Crippen MR) is 98.5 cm³/mol. The first kappa shape index (κ1) is 19.0. The molecular formula is C18H19BrN2O4. The van der Waals surface area contributed by atoms with Crippen LogP contribution >= 0.6 is 15.9 Å². The number of hydrogen-bond donors (Lipinski definition) is 2. The molecule has 0 aliphatic rings. The Kier molecular flexibility index (Phi) is 7.94. The minimum Gasteiger partial charge on any atom is -0.491 e. The quantitative estimate of drug-likeness (QED) is 0.627. The van der Waals surface area contributed by atoms with E-state index in [2.05, 4.69) is 26.6 Å². The van der Waals surface area contributed by atoms with Crippen molar-refractivity contribution >= 4 is 33.4 Å². The molecule has 0 unspecified atom stereocenters. The molecule has 0 spiro atoms. The summed E-state index contributed by atoms with van der Waals surface area (Å²) in [7, 11) is 0. The molecule has 0 saturated heterocycles. The van der Waals surface area contributed by atoms with Gasteiger partial charge in [-0.2, -0.15) is 0 Å². The molecule has 2 N–H and O–H groups in total. The predicted octanol–water partition coefficient (Wildman–Crippen LogP) is 2.60. The maximum absolute atomic E-state index is 11.7. The highest BCUT2D eigenvalue weighted by atomic mass is 79.9. The minimum absolute atomic E-state index is 0.112. The van der Waals surface area contributed by atoms with Gasteiger partial charge in [-0.05, 0) is 36.4 Å². The lowest BCUT2D eigenvalue weighted by atomic mass is 10.3. The number of rotatable bonds is 9. The summed E-state index contributed by atoms with van der Waals surface area (Å²) < 4.78 is 11.6. The lowest BCUT2D eigenvalue weighted by Gasteiger charge is -2.08. The van der Waals surface area contributed by atoms with Gasteiger partial charge in [0.2, 0.25) is 11.8 Å². The molecule has 0 atom stereocenters. The van der Waals surface area contributed by atoms with Crippen LogP contribution in [0, 0.1) is 0 Å². The summed E-state index contributed by atoms with van der Waals surface area (Å²) in [5.41, 5.74) is 0.664. The third-order valence-electron chi connectivity index (χ3n) is 3.05. The monoisotopic (exact) mass is 406 g/mol. The van der Waals surface area contributed by atoms with Gasteiger partial charge in [-0.3, -0.25) is 9.59 Å². The molecule has 0 aliphatic heterocycles. The molecule has 132 valence electrons. The standard InChI is InChI=1S/C18H19BrN2O4/c19-14-6-8-15(9-7-14)21-17(22)12-20-18(23)13-24-10-11-25-16-4-2-1-3-5-16/h1-9H,10-13H2,(H,20,23)(H,21,22). The van der Waals surface area contributed by atoms with Crippen molar-refractivity contribution in [2.45, 2.75) is 0 Å². The second kappa shape index (κ2) is 10.5. The highest BCUT2D eigenvalue weighted by Gasteiger charge is 2.06. The highest BCUT2D eigenvalue weighted by Crippen LogP contribution is 2.13. The van der Waals surface area contributed by atoms with Crippen molar-refractivity contribution < 1.29 is 19.1 Å². The zero-order chi connectivity index (χ0) is 17.9. The Morgan fingerprint density at radius 2 is 1.64 bits per heavy atom. The molecule has 0 saturated carbocycles. The fraction of sp³-hybridized carbons (Fsp3) is 0.222. The Labute approximate surface area is 154 Å². The fourth-order valence-electron chi connectivity index (χ4n) is 1.87. The van der Waals surface area contributed by atoms with E-state index in [1.54, 1.807) is 12.1 Å². The van der Waals surface area contributed by atoms with Gasteiger partial charge >= 0.3 is 0 Å². The summed E-state index contributed by atoms with van der Waals surface area (Å²) in [4.78, 5) is 23.4. The van der Waals surface area contributed by atoms with Crippen molar-refractivity contribution in [3.05, 3.63) is 59.1 Å². The molecule has 25 heavy (non-hydrogen) atoms. The third-order valence-corrected chi connectivity index (χ3v) is 3.58. The van der Waals surface area contributed by atoms with Crippen LogP contribution in [-0.4, -0.2) is 38.2 Å². The van der Waals surface area contributed by atoms with E-state index in [9.17, 15) is 9.59 Å². The minimum atomic E-state index is -0.356. The van der Waals surface area contributed by atoms with Crippen molar-refractivity contribution in [1.82, 2.24) is 5.32 Å². The van der Waals surface area contributed by atoms with E-state index in [1.807, 2.05) is 42.5 Å². The van der Waals surface area contributed by atoms with Crippen LogP contribution < -0.4 is 15.4 Å². The molecule has 2 aromatic carbocycles. The fourth-order valence-corrected chi connectivity index (χ4v) is 2.13. The molecule has 7 heteroatoms. The van der Waals surface area contributed by atoms with Crippen LogP contribution in [0.15, 0.2) is 59.1 Å². The summed E-state index contributed by atoms with van der Waals surface area (Å²) in [6.07, 6.45) is 0. The van der Waals surface area contributed by atoms with Crippen LogP contribution in [0.25, 0.3) is 0 Å². The number of hydrogen-bond acceptors (Lipinski definition) is 4. The van der Waals surface area contributed by atoms with Crippen LogP contribution in [0.4, 0.5) is 5.69 Å². The summed E-state index contributed by atoms with van der Waals surface area (Å²) in [6, 6.07) is 16.5. The molecule has 0 fully saturated rings. The van der Waals surface area contributed by atoms with Crippen LogP contribution in [-0.2, 0) is 14.3 Å². The second-order valence-electron chi connectivity index (χ2n) is 5.05. The molecule has 0 aliphatic carbocycles. The topological polar surface area (TPSA) is 76.7 Å². The van der Waals surface area contributed by atoms with Crippen molar-refractivity contribution in [3.63, 3.8) is 0 Å². The Balaban J connectivity index is 1.54. The number of carbonyl (C=O) groups is 2. The summed E-state index contributed by atoms with van der Waals surface area (Å²) in [5.74, 6) is 0.0916. The van der Waals surface area contributed by atoms with Crippen molar-refractivity contribution in [1.29, 1.82) is 0 Å². The number of para-hydroxylation sites is 1. The van der Waals surface area contributed by atoms with E-state index in [0.29, 0.717) is 12.3 Å². The van der Waals surface area contributed by atoms with Crippen molar-refractivity contribution in [2.75, 3.05) is 31.7 Å². The number of nitrogens with one attached hydrogen (secondary N) is 2. The first-order valence-corrected chi connectivity index (χ1v) is 8.50. The molecule has 2 amide bonds. The van der Waals surface area contributed by atoms with Crippen molar-refractivity contribution in [2.24, 2.45) is 0 Å². The molecule has 0 aromatic heterocycles. The summed E-state index contributed by atoms with van der Waals surface area (Å²) in [5, 5.41) is 5.18. The Hall–Kier alpha value is -2.38. The first-order valence-electron chi connectivity index (χ1n) is 7.71. The smallest absolute Gasteiger partial charge is 0.246 e. The van der Waals surface area contributed by atoms with E-state index < -0.39 is 0 Å². The normalized spacial score (nSPS) is 10.1. The SMILES string of the molecule is O=C(COCCOc1ccccc1)NCC(=O)Nc1ccc(Br)cc1. The number of halogens is 1. The van der Waals surface area contributed by atoms with Crippen LogP contribution in [0.2, 0.25) is 0 Å². The van der Waals surface area contributed by atoms with E-state index in [-0.39, 0.29) is 31.6 Å². The average Bonchev–Trinajstić information content (AvgIpc) is 2.62. The van der Waals surface area contributed by atoms with Crippen LogP contribution in [0.5, 0.6) is 5.75 Å². The summed E-state index contributed by atoms with van der Waals surface area (Å²) in [6.45, 7) is 0.400. The van der Waals surface area contributed by atoms with Gasteiger partial charge in [0.25, 0.3) is 0 Å². The lowest BCUT2D eigenvalue weighted by Crippen LogP contribution is -2.35. The van der Waals surface area contributed by atoms with E-state index in [0.717, 1.165) is 10.2 Å². The molecule has 0 heterocycles. The van der Waals surface area contributed by atoms with Gasteiger partial charge in [-0.15, -0.1) is 0 Å². The molecule has 0 radical (unpaired) electrons. The maximum Gasteiger partial charge on any atom is 0.246 e. The number of ether oxygens (including phenoxy) is 2. The Bertz CT molecular complexity index is 677. The van der Waals surface area contributed by atoms with Gasteiger partial charge in [-0.25, -0.2) is 0 Å². The zero-order valence-corrected chi connectivity index (χ0v) is 15.1. The van der Waals surface area contributed by atoms with Crippen molar-refractivity contribution in [3.8, 4) is 5.75 Å². The number of benzene rings is 2. The van der Waals surface area contributed by atoms with Gasteiger partial charge in [0.15, 0.2) is 0 Å². The van der Waals surface area contributed by atoms with Gasteiger partial charge in [-0.1, -0.05) is 34.1 Å². The first-order chi connectivity index (χ1) is 12.1. The Morgan fingerprint density at radius 1 is 0.920 bits per heavy atom. The van der Waals surface area contributed by atoms with Gasteiger partial charge in [0, 0.05) is 10.2 Å². The average molecular weight is 407 g/mol. The van der Waals surface area contributed by atoms with Gasteiger partial charge in [0.1, 0.15) is 19.0 Å². The number of carbonyl (C=O) groups excluding carboxylic acids is 2. The largest absolute Gasteiger partial charge is 0.491 e. The lowest BCUT2D eigenvalue weighted by molar-refractivity contribution is -0.128. The van der Waals surface area contributed by atoms with E-state index in [4.69, 9.17) is 9.47 Å². The van der Waals surface area contributed by atoms with Crippen LogP contribution in [0.1, 0.15) is 0 Å². The number of amides is 2. The van der Waals surface area contributed by atoms with Gasteiger partial charge < -0.3 is 20.1 Å². The third kappa shape index (κ3) is 7.82. The summed E-state index contributed by atoms with van der Waals surface area (Å²) >= 11 is 3.32. The zero-order valence-electron chi connectivity index (χ0n) is 13.5. The second-order valence-corrected chi connectivity index (χ2v) is 5.96. The maximum atomic E-state index is 11.7. The van der Waals surface area contributed by atoms with E-state index >= 15 is 0 Å². The van der Waals surface area contributed by atoms with E-state index in [1.165, 1.54) is 0 Å². The number of anilines is 1. The molecule has 2 aromatic rings. The van der Waals surface area contributed by atoms with Gasteiger partial charge in [0.05, 0.1) is 13.2 Å². The highest BCUT2D eigenvalue weighted by molar-refractivity contribution is 9.10. The Morgan fingerprint density at radius 3 is 2.36 bits per heavy atom.